The summed E-state index contributed by atoms with van der Waals surface area (Å²) in [6.07, 6.45) is 3.39. The summed E-state index contributed by atoms with van der Waals surface area (Å²) < 4.78 is 16.4. The maximum atomic E-state index is 13.0. The second kappa shape index (κ2) is 8.78. The Kier molecular flexibility index (Phi) is 6.98. The van der Waals surface area contributed by atoms with Gasteiger partial charge in [-0.15, -0.1) is 11.8 Å². The molecule has 1 aromatic carbocycles. The molecule has 0 atom stereocenters. The Morgan fingerprint density at radius 1 is 1.20 bits per heavy atom. The van der Waals surface area contributed by atoms with E-state index in [4.69, 9.17) is 14.2 Å². The third-order valence-corrected chi connectivity index (χ3v) is 5.55. The van der Waals surface area contributed by atoms with Crippen molar-refractivity contribution in [2.24, 2.45) is 0 Å². The third kappa shape index (κ3) is 4.22. The summed E-state index contributed by atoms with van der Waals surface area (Å²) in [5, 5.41) is 3.28. The minimum atomic E-state index is -0.726. The molecule has 1 amide bonds. The van der Waals surface area contributed by atoms with Crippen LogP contribution in [0.1, 0.15) is 18.4 Å². The van der Waals surface area contributed by atoms with Crippen LogP contribution in [0.25, 0.3) is 0 Å². The van der Waals surface area contributed by atoms with E-state index in [1.54, 1.807) is 38.0 Å². The number of thioether (sulfide) groups is 1. The number of piperidine rings is 1. The van der Waals surface area contributed by atoms with Gasteiger partial charge in [0.2, 0.25) is 0 Å². The normalized spacial score (nSPS) is 16.4. The van der Waals surface area contributed by atoms with Crippen molar-refractivity contribution in [1.82, 2.24) is 10.2 Å². The Balaban J connectivity index is 2.24. The van der Waals surface area contributed by atoms with Crippen molar-refractivity contribution in [3.63, 3.8) is 0 Å². The van der Waals surface area contributed by atoms with E-state index in [-0.39, 0.29) is 5.91 Å². The summed E-state index contributed by atoms with van der Waals surface area (Å²) in [6, 6.07) is 3.89. The molecule has 1 N–H and O–H groups in total. The van der Waals surface area contributed by atoms with Gasteiger partial charge in [0.1, 0.15) is 5.60 Å². The monoisotopic (exact) mass is 368 g/mol. The molecule has 0 aliphatic carbocycles. The lowest BCUT2D eigenvalue weighted by Crippen LogP contribution is -2.54. The van der Waals surface area contributed by atoms with Crippen LogP contribution in [0.5, 0.6) is 11.5 Å². The zero-order valence-electron chi connectivity index (χ0n) is 15.7. The van der Waals surface area contributed by atoms with Gasteiger partial charge in [-0.1, -0.05) is 0 Å². The summed E-state index contributed by atoms with van der Waals surface area (Å²) in [5.41, 5.74) is 0.303. The highest BCUT2D eigenvalue weighted by molar-refractivity contribution is 7.98. The molecule has 2 rings (SSSR count). The zero-order chi connectivity index (χ0) is 18.4. The number of hydrogen-bond donors (Lipinski definition) is 1. The average molecular weight is 368 g/mol. The molecule has 0 radical (unpaired) electrons. The number of methoxy groups -OCH3 is 3. The second-order valence-electron chi connectivity index (χ2n) is 6.13. The lowest BCUT2D eigenvalue weighted by Gasteiger charge is -2.37. The lowest BCUT2D eigenvalue weighted by atomic mass is 9.90. The number of benzene rings is 1. The molecule has 0 saturated carbocycles. The highest BCUT2D eigenvalue weighted by Gasteiger charge is 2.41. The SMILES string of the molecule is COc1cc(CN(C)C(=O)C2(OC)CCNCC2)c(SC)cc1OC. The Morgan fingerprint density at radius 3 is 2.32 bits per heavy atom. The maximum Gasteiger partial charge on any atom is 0.254 e. The van der Waals surface area contributed by atoms with Gasteiger partial charge in [0, 0.05) is 25.6 Å². The number of likely N-dealkylation sites (N-methyl/N-ethyl adjacent to an activating group) is 1. The first-order valence-corrected chi connectivity index (χ1v) is 9.54. The predicted molar refractivity (Wildman–Crippen MR) is 99.6 cm³/mol. The van der Waals surface area contributed by atoms with E-state index in [2.05, 4.69) is 5.32 Å². The Morgan fingerprint density at radius 2 is 1.80 bits per heavy atom. The number of nitrogens with zero attached hydrogens (tertiary/aromatic N) is 1. The molecule has 6 nitrogen and oxygen atoms in total. The zero-order valence-corrected chi connectivity index (χ0v) is 16.5. The molecule has 140 valence electrons. The van der Waals surface area contributed by atoms with Gasteiger partial charge in [0.05, 0.1) is 14.2 Å². The first-order chi connectivity index (χ1) is 12.0. The first-order valence-electron chi connectivity index (χ1n) is 8.31. The van der Waals surface area contributed by atoms with E-state index in [0.29, 0.717) is 30.9 Å². The van der Waals surface area contributed by atoms with Crippen LogP contribution in [0.3, 0.4) is 0 Å². The Bertz CT molecular complexity index is 603. The van der Waals surface area contributed by atoms with Crippen LogP contribution in [0.2, 0.25) is 0 Å². The number of carbonyl (C=O) groups is 1. The molecule has 0 unspecified atom stereocenters. The largest absolute Gasteiger partial charge is 0.493 e. The van der Waals surface area contributed by atoms with Gasteiger partial charge < -0.3 is 24.4 Å². The average Bonchev–Trinajstić information content (AvgIpc) is 2.67. The van der Waals surface area contributed by atoms with E-state index in [1.165, 1.54) is 0 Å². The van der Waals surface area contributed by atoms with Crippen molar-refractivity contribution >= 4 is 17.7 Å². The van der Waals surface area contributed by atoms with Gasteiger partial charge in [-0.2, -0.15) is 0 Å². The predicted octanol–water partition coefficient (Wildman–Crippen LogP) is 2.15. The van der Waals surface area contributed by atoms with Gasteiger partial charge >= 0.3 is 0 Å². The number of amides is 1. The van der Waals surface area contributed by atoms with Gasteiger partial charge in [-0.25, -0.2) is 0 Å². The molecule has 1 heterocycles. The lowest BCUT2D eigenvalue weighted by molar-refractivity contribution is -0.157. The minimum Gasteiger partial charge on any atom is -0.493 e. The van der Waals surface area contributed by atoms with Crippen LogP contribution in [0.4, 0.5) is 0 Å². The van der Waals surface area contributed by atoms with Crippen LogP contribution in [0.15, 0.2) is 17.0 Å². The summed E-state index contributed by atoms with van der Waals surface area (Å²) in [6.45, 7) is 2.08. The number of ether oxygens (including phenoxy) is 3. The molecular formula is C18H28N2O4S. The van der Waals surface area contributed by atoms with Crippen molar-refractivity contribution in [2.45, 2.75) is 29.9 Å². The van der Waals surface area contributed by atoms with Crippen molar-refractivity contribution in [1.29, 1.82) is 0 Å². The third-order valence-electron chi connectivity index (χ3n) is 4.73. The first kappa shape index (κ1) is 19.9. The van der Waals surface area contributed by atoms with E-state index in [9.17, 15) is 4.79 Å². The molecule has 0 aromatic heterocycles. The van der Waals surface area contributed by atoms with E-state index >= 15 is 0 Å². The van der Waals surface area contributed by atoms with Crippen molar-refractivity contribution < 1.29 is 19.0 Å². The highest BCUT2D eigenvalue weighted by Crippen LogP contribution is 2.35. The quantitative estimate of drug-likeness (QED) is 0.744. The van der Waals surface area contributed by atoms with Crippen molar-refractivity contribution in [2.75, 3.05) is 47.7 Å². The summed E-state index contributed by atoms with van der Waals surface area (Å²) in [5.74, 6) is 1.38. The number of nitrogens with one attached hydrogen (secondary N) is 1. The molecular weight excluding hydrogens is 340 g/mol. The van der Waals surface area contributed by atoms with E-state index in [0.717, 1.165) is 23.5 Å². The van der Waals surface area contributed by atoms with Gasteiger partial charge in [-0.05, 0) is 49.9 Å². The molecule has 1 saturated heterocycles. The number of rotatable bonds is 7. The van der Waals surface area contributed by atoms with Crippen LogP contribution in [0, 0.1) is 0 Å². The Labute approximate surface area is 154 Å². The van der Waals surface area contributed by atoms with Crippen LogP contribution >= 0.6 is 11.8 Å². The van der Waals surface area contributed by atoms with Gasteiger partial charge in [-0.3, -0.25) is 4.79 Å². The molecule has 1 aliphatic heterocycles. The van der Waals surface area contributed by atoms with Crippen LogP contribution in [-0.2, 0) is 16.1 Å². The molecule has 7 heteroatoms. The summed E-state index contributed by atoms with van der Waals surface area (Å²) >= 11 is 1.62. The topological polar surface area (TPSA) is 60.0 Å². The van der Waals surface area contributed by atoms with Crippen molar-refractivity contribution in [3.05, 3.63) is 17.7 Å². The molecule has 25 heavy (non-hydrogen) atoms. The molecule has 1 fully saturated rings. The fraction of sp³-hybridized carbons (Fsp3) is 0.611. The smallest absolute Gasteiger partial charge is 0.254 e. The van der Waals surface area contributed by atoms with Gasteiger partial charge in [0.25, 0.3) is 5.91 Å². The maximum absolute atomic E-state index is 13.0. The van der Waals surface area contributed by atoms with E-state index < -0.39 is 5.60 Å². The minimum absolute atomic E-state index is 0.0262. The molecule has 1 aliphatic rings. The van der Waals surface area contributed by atoms with Crippen LogP contribution < -0.4 is 14.8 Å². The molecule has 0 spiro atoms. The number of hydrogen-bond acceptors (Lipinski definition) is 6. The molecule has 1 aromatic rings. The fourth-order valence-electron chi connectivity index (χ4n) is 3.23. The van der Waals surface area contributed by atoms with E-state index in [1.807, 2.05) is 25.4 Å². The molecule has 0 bridgehead atoms. The van der Waals surface area contributed by atoms with Gasteiger partial charge in [0.15, 0.2) is 11.5 Å². The highest BCUT2D eigenvalue weighted by atomic mass is 32.2. The Hall–Kier alpha value is -1.44. The number of carbonyl (C=O) groups excluding carboxylic acids is 1. The fourth-order valence-corrected chi connectivity index (χ4v) is 3.84. The van der Waals surface area contributed by atoms with Crippen LogP contribution in [-0.4, -0.2) is 64.1 Å². The standard InChI is InChI=1S/C18H28N2O4S/c1-20(17(21)18(24-4)6-8-19-9-7-18)12-13-10-14(22-2)15(23-3)11-16(13)25-5/h10-11,19H,6-9,12H2,1-5H3. The second-order valence-corrected chi connectivity index (χ2v) is 6.98. The van der Waals surface area contributed by atoms with Crippen molar-refractivity contribution in [3.8, 4) is 11.5 Å². The summed E-state index contributed by atoms with van der Waals surface area (Å²) in [7, 11) is 6.69. The summed E-state index contributed by atoms with van der Waals surface area (Å²) in [4.78, 5) is 15.9.